The van der Waals surface area contributed by atoms with Crippen LogP contribution in [0.15, 0.2) is 22.6 Å². The highest BCUT2D eigenvalue weighted by molar-refractivity contribution is 6.29. The molecule has 0 aliphatic heterocycles. The van der Waals surface area contributed by atoms with Gasteiger partial charge >= 0.3 is 0 Å². The van der Waals surface area contributed by atoms with Gasteiger partial charge in [-0.3, -0.25) is 0 Å². The van der Waals surface area contributed by atoms with Gasteiger partial charge in [0.2, 0.25) is 5.95 Å². The van der Waals surface area contributed by atoms with E-state index >= 15 is 0 Å². The Bertz CT molecular complexity index is 677. The van der Waals surface area contributed by atoms with Gasteiger partial charge in [0.05, 0.1) is 6.54 Å². The fourth-order valence-corrected chi connectivity index (χ4v) is 3.10. The topological polar surface area (TPSA) is 68.2 Å². The van der Waals surface area contributed by atoms with Crippen LogP contribution in [0.1, 0.15) is 43.6 Å². The van der Waals surface area contributed by atoms with Crippen molar-refractivity contribution in [3.05, 3.63) is 34.9 Å². The van der Waals surface area contributed by atoms with Crippen molar-refractivity contribution >= 4 is 23.4 Å². The molecule has 0 amide bonds. The summed E-state index contributed by atoms with van der Waals surface area (Å²) < 4.78 is 6.02. The smallest absolute Gasteiger partial charge is 0.223 e. The van der Waals surface area contributed by atoms with E-state index in [1.54, 1.807) is 6.07 Å². The molecule has 2 aromatic rings. The first-order valence-electron chi connectivity index (χ1n) is 7.75. The number of nitrogens with two attached hydrogens (primary N) is 1. The lowest BCUT2D eigenvalue weighted by molar-refractivity contribution is 0.456. The van der Waals surface area contributed by atoms with E-state index in [1.807, 2.05) is 0 Å². The largest absolute Gasteiger partial charge is 0.464 e. The molecule has 6 heteroatoms. The second-order valence-electron chi connectivity index (χ2n) is 6.39. The van der Waals surface area contributed by atoms with E-state index in [2.05, 4.69) is 33.9 Å². The van der Waals surface area contributed by atoms with Crippen molar-refractivity contribution in [2.75, 3.05) is 10.6 Å². The zero-order valence-corrected chi connectivity index (χ0v) is 13.3. The summed E-state index contributed by atoms with van der Waals surface area (Å²) in [6.07, 6.45) is 3.56. The summed E-state index contributed by atoms with van der Waals surface area (Å²) in [7, 11) is 0. The molecule has 2 aliphatic rings. The van der Waals surface area contributed by atoms with E-state index in [0.717, 1.165) is 36.1 Å². The molecule has 2 aliphatic carbocycles. The van der Waals surface area contributed by atoms with Crippen molar-refractivity contribution in [1.82, 2.24) is 9.97 Å². The van der Waals surface area contributed by atoms with Crippen LogP contribution in [0.3, 0.4) is 0 Å². The van der Waals surface area contributed by atoms with E-state index in [9.17, 15) is 0 Å². The fraction of sp³-hybridized carbons (Fsp3) is 0.500. The summed E-state index contributed by atoms with van der Waals surface area (Å²) in [5.74, 6) is 4.41. The van der Waals surface area contributed by atoms with Gasteiger partial charge in [0.25, 0.3) is 0 Å². The third-order valence-electron chi connectivity index (χ3n) is 4.46. The normalized spacial score (nSPS) is 23.5. The molecule has 0 unspecified atom stereocenters. The first kappa shape index (κ1) is 13.9. The molecule has 0 spiro atoms. The number of nitrogens with zero attached hydrogens (tertiary/aromatic N) is 3. The summed E-state index contributed by atoms with van der Waals surface area (Å²) in [6, 6.07) is 6.43. The Morgan fingerprint density at radius 3 is 2.77 bits per heavy atom. The molecule has 2 saturated carbocycles. The molecule has 116 valence electrons. The zero-order valence-electron chi connectivity index (χ0n) is 12.5. The molecule has 0 radical (unpaired) electrons. The van der Waals surface area contributed by atoms with E-state index in [-0.39, 0.29) is 5.95 Å². The number of furan rings is 1. The van der Waals surface area contributed by atoms with Crippen molar-refractivity contribution in [2.45, 2.75) is 44.7 Å². The van der Waals surface area contributed by atoms with Gasteiger partial charge in [-0.15, -0.1) is 0 Å². The van der Waals surface area contributed by atoms with Gasteiger partial charge in [-0.2, -0.15) is 4.98 Å². The Balaban J connectivity index is 1.56. The molecule has 0 saturated heterocycles. The number of hydrogen-bond acceptors (Lipinski definition) is 5. The molecule has 2 N–H and O–H groups in total. The van der Waals surface area contributed by atoms with Crippen molar-refractivity contribution in [1.29, 1.82) is 0 Å². The Kier molecular flexibility index (Phi) is 3.26. The first-order chi connectivity index (χ1) is 10.6. The lowest BCUT2D eigenvalue weighted by atomic mass is 10.3. The number of nitrogen functional groups attached to an aromatic ring is 1. The van der Waals surface area contributed by atoms with Gasteiger partial charge in [-0.05, 0) is 37.3 Å². The van der Waals surface area contributed by atoms with Crippen molar-refractivity contribution < 1.29 is 4.42 Å². The quantitative estimate of drug-likeness (QED) is 0.853. The average Bonchev–Trinajstić information content (AvgIpc) is 3.37. The van der Waals surface area contributed by atoms with E-state index in [4.69, 9.17) is 21.8 Å². The lowest BCUT2D eigenvalue weighted by Gasteiger charge is -2.22. The van der Waals surface area contributed by atoms with Crippen LogP contribution in [0.2, 0.25) is 5.15 Å². The van der Waals surface area contributed by atoms with Gasteiger partial charge in [0.15, 0.2) is 0 Å². The molecule has 0 bridgehead atoms. The average molecular weight is 319 g/mol. The minimum Gasteiger partial charge on any atom is -0.464 e. The van der Waals surface area contributed by atoms with Crippen LogP contribution in [-0.4, -0.2) is 16.0 Å². The third kappa shape index (κ3) is 2.77. The Hall–Kier alpha value is -1.75. The Labute approximate surface area is 134 Å². The Morgan fingerprint density at radius 2 is 2.14 bits per heavy atom. The second-order valence-corrected chi connectivity index (χ2v) is 6.78. The number of halogens is 1. The molecular weight excluding hydrogens is 300 g/mol. The minimum absolute atomic E-state index is 0.208. The Morgan fingerprint density at radius 1 is 1.36 bits per heavy atom. The van der Waals surface area contributed by atoms with Crippen LogP contribution in [-0.2, 0) is 6.54 Å². The standard InChI is InChI=1S/C16H19ClN4O/c1-9-6-12(9)13-5-4-11(22-13)8-21(10-2-3-10)15-7-14(17)19-16(18)20-15/h4-5,7,9-10,12H,2-3,6,8H2,1H3,(H2,18,19,20)/t9-,12+/m1/s1. The van der Waals surface area contributed by atoms with Crippen LogP contribution < -0.4 is 10.6 Å². The van der Waals surface area contributed by atoms with E-state index in [1.165, 1.54) is 6.42 Å². The molecule has 2 fully saturated rings. The third-order valence-corrected chi connectivity index (χ3v) is 4.66. The number of aromatic nitrogens is 2. The predicted molar refractivity (Wildman–Crippen MR) is 85.9 cm³/mol. The highest BCUT2D eigenvalue weighted by atomic mass is 35.5. The van der Waals surface area contributed by atoms with Gasteiger partial charge in [-0.1, -0.05) is 18.5 Å². The van der Waals surface area contributed by atoms with Crippen LogP contribution in [0.5, 0.6) is 0 Å². The fourth-order valence-electron chi connectivity index (χ4n) is 2.92. The van der Waals surface area contributed by atoms with Gasteiger partial charge in [-0.25, -0.2) is 4.98 Å². The number of rotatable bonds is 5. The molecular formula is C16H19ClN4O. The highest BCUT2D eigenvalue weighted by Crippen LogP contribution is 2.47. The summed E-state index contributed by atoms with van der Waals surface area (Å²) in [5.41, 5.74) is 5.72. The van der Waals surface area contributed by atoms with E-state index < -0.39 is 0 Å². The van der Waals surface area contributed by atoms with Crippen LogP contribution in [0.4, 0.5) is 11.8 Å². The highest BCUT2D eigenvalue weighted by Gasteiger charge is 2.37. The molecule has 2 heterocycles. The molecule has 22 heavy (non-hydrogen) atoms. The van der Waals surface area contributed by atoms with Gasteiger partial charge in [0.1, 0.15) is 22.5 Å². The van der Waals surface area contributed by atoms with E-state index in [0.29, 0.717) is 23.7 Å². The number of anilines is 2. The van der Waals surface area contributed by atoms with Crippen LogP contribution >= 0.6 is 11.6 Å². The summed E-state index contributed by atoms with van der Waals surface area (Å²) >= 11 is 6.01. The first-order valence-corrected chi connectivity index (χ1v) is 8.13. The summed E-state index contributed by atoms with van der Waals surface area (Å²) in [5, 5.41) is 0.375. The maximum absolute atomic E-state index is 6.02. The van der Waals surface area contributed by atoms with Crippen LogP contribution in [0.25, 0.3) is 0 Å². The lowest BCUT2D eigenvalue weighted by Crippen LogP contribution is -2.26. The molecule has 4 rings (SSSR count). The van der Waals surface area contributed by atoms with Crippen molar-refractivity contribution in [3.63, 3.8) is 0 Å². The minimum atomic E-state index is 0.208. The van der Waals surface area contributed by atoms with Crippen molar-refractivity contribution in [3.8, 4) is 0 Å². The SMILES string of the molecule is C[C@@H]1C[C@@H]1c1ccc(CN(c2cc(Cl)nc(N)n2)C2CC2)o1. The summed E-state index contributed by atoms with van der Waals surface area (Å²) in [4.78, 5) is 10.5. The predicted octanol–water partition coefficient (Wildman–Crippen LogP) is 3.60. The monoisotopic (exact) mass is 318 g/mol. The second kappa shape index (κ2) is 5.16. The maximum Gasteiger partial charge on any atom is 0.223 e. The van der Waals surface area contributed by atoms with Crippen LogP contribution in [0, 0.1) is 5.92 Å². The van der Waals surface area contributed by atoms with Gasteiger partial charge < -0.3 is 15.1 Å². The number of hydrogen-bond donors (Lipinski definition) is 1. The van der Waals surface area contributed by atoms with Gasteiger partial charge in [0, 0.05) is 18.0 Å². The molecule has 5 nitrogen and oxygen atoms in total. The summed E-state index contributed by atoms with van der Waals surface area (Å²) in [6.45, 7) is 2.95. The van der Waals surface area contributed by atoms with Crippen molar-refractivity contribution in [2.24, 2.45) is 5.92 Å². The molecule has 2 aromatic heterocycles. The maximum atomic E-state index is 6.02. The molecule has 0 aromatic carbocycles. The zero-order chi connectivity index (χ0) is 15.3. The molecule has 2 atom stereocenters.